The van der Waals surface area contributed by atoms with Crippen molar-refractivity contribution in [1.29, 1.82) is 0 Å². The van der Waals surface area contributed by atoms with Gasteiger partial charge in [0.15, 0.2) is 0 Å². The van der Waals surface area contributed by atoms with Crippen molar-refractivity contribution < 1.29 is 14.0 Å². The van der Waals surface area contributed by atoms with E-state index in [0.29, 0.717) is 5.76 Å². The Bertz CT molecular complexity index is 493. The third-order valence-electron chi connectivity index (χ3n) is 3.49. The average Bonchev–Trinajstić information content (AvgIpc) is 2.77. The minimum Gasteiger partial charge on any atom is -0.464 e. The lowest BCUT2D eigenvalue weighted by Gasteiger charge is -2.37. The number of hydrogen-bond acceptors (Lipinski definition) is 3. The Morgan fingerprint density at radius 2 is 2.00 bits per heavy atom. The van der Waals surface area contributed by atoms with E-state index in [9.17, 15) is 9.59 Å². The molecule has 1 aliphatic heterocycles. The summed E-state index contributed by atoms with van der Waals surface area (Å²) >= 11 is 0. The first kappa shape index (κ1) is 13.6. The molecule has 1 saturated heterocycles. The molecule has 0 aliphatic carbocycles. The van der Waals surface area contributed by atoms with E-state index in [2.05, 4.69) is 5.32 Å². The molecule has 0 spiro atoms. The Morgan fingerprint density at radius 3 is 2.53 bits per heavy atom. The van der Waals surface area contributed by atoms with Gasteiger partial charge >= 0.3 is 0 Å². The molecule has 1 fully saturated rings. The van der Waals surface area contributed by atoms with Gasteiger partial charge in [-0.1, -0.05) is 13.8 Å². The van der Waals surface area contributed by atoms with Crippen molar-refractivity contribution in [2.45, 2.75) is 39.8 Å². The van der Waals surface area contributed by atoms with Crippen LogP contribution in [0.4, 0.5) is 0 Å². The first-order valence-electron chi connectivity index (χ1n) is 6.56. The number of nitrogens with zero attached hydrogens (tertiary/aromatic N) is 1. The molecule has 0 aromatic carbocycles. The Morgan fingerprint density at radius 1 is 1.32 bits per heavy atom. The average molecular weight is 264 g/mol. The number of aryl methyl sites for hydroxylation is 1. The summed E-state index contributed by atoms with van der Waals surface area (Å²) in [5.74, 6) is 1.42. The van der Waals surface area contributed by atoms with Crippen LogP contribution in [0, 0.1) is 12.8 Å². The fourth-order valence-corrected chi connectivity index (χ4v) is 2.30. The van der Waals surface area contributed by atoms with Crippen molar-refractivity contribution in [3.05, 3.63) is 23.7 Å². The van der Waals surface area contributed by atoms with Gasteiger partial charge in [-0.25, -0.2) is 0 Å². The molecule has 2 rings (SSSR count). The molecule has 2 heterocycles. The number of piperazine rings is 1. The van der Waals surface area contributed by atoms with Crippen LogP contribution in [0.15, 0.2) is 16.5 Å². The lowest BCUT2D eigenvalue weighted by Crippen LogP contribution is -2.60. The lowest BCUT2D eigenvalue weighted by molar-refractivity contribution is -0.148. The second-order valence-corrected chi connectivity index (χ2v) is 5.38. The Labute approximate surface area is 113 Å². The van der Waals surface area contributed by atoms with Gasteiger partial charge in [0.25, 0.3) is 0 Å². The maximum Gasteiger partial charge on any atom is 0.246 e. The minimum atomic E-state index is -0.445. The lowest BCUT2D eigenvalue weighted by atomic mass is 9.99. The van der Waals surface area contributed by atoms with Crippen molar-refractivity contribution in [3.63, 3.8) is 0 Å². The number of hydrogen-bond donors (Lipinski definition) is 1. The number of carbonyl (C=O) groups is 2. The molecule has 5 heteroatoms. The molecule has 1 N–H and O–H groups in total. The molecule has 5 nitrogen and oxygen atoms in total. The Kier molecular flexibility index (Phi) is 3.64. The van der Waals surface area contributed by atoms with Crippen LogP contribution in [0.5, 0.6) is 0 Å². The van der Waals surface area contributed by atoms with E-state index in [-0.39, 0.29) is 30.3 Å². The maximum atomic E-state index is 12.4. The number of rotatable bonds is 3. The highest BCUT2D eigenvalue weighted by molar-refractivity contribution is 5.95. The predicted molar refractivity (Wildman–Crippen MR) is 70.3 cm³/mol. The summed E-state index contributed by atoms with van der Waals surface area (Å²) in [7, 11) is 0. The van der Waals surface area contributed by atoms with Gasteiger partial charge in [0.05, 0.1) is 6.04 Å². The summed E-state index contributed by atoms with van der Waals surface area (Å²) in [5, 5.41) is 2.75. The van der Waals surface area contributed by atoms with Crippen molar-refractivity contribution in [2.75, 3.05) is 6.54 Å². The third kappa shape index (κ3) is 2.64. The van der Waals surface area contributed by atoms with Crippen molar-refractivity contribution >= 4 is 11.8 Å². The number of furan rings is 1. The first-order chi connectivity index (χ1) is 8.90. The van der Waals surface area contributed by atoms with Crippen molar-refractivity contribution in [3.8, 4) is 0 Å². The molecule has 104 valence electrons. The van der Waals surface area contributed by atoms with Gasteiger partial charge in [0.2, 0.25) is 11.8 Å². The van der Waals surface area contributed by atoms with Crippen LogP contribution in [0.1, 0.15) is 38.3 Å². The number of carbonyl (C=O) groups excluding carboxylic acids is 2. The number of amides is 2. The number of nitrogens with one attached hydrogen (secondary N) is 1. The van der Waals surface area contributed by atoms with Crippen LogP contribution in [-0.2, 0) is 9.59 Å². The van der Waals surface area contributed by atoms with E-state index in [1.54, 1.807) is 4.90 Å². The van der Waals surface area contributed by atoms with E-state index >= 15 is 0 Å². The van der Waals surface area contributed by atoms with Gasteiger partial charge in [-0.15, -0.1) is 0 Å². The summed E-state index contributed by atoms with van der Waals surface area (Å²) in [6.07, 6.45) is 0. The van der Waals surface area contributed by atoms with Crippen LogP contribution >= 0.6 is 0 Å². The normalized spacial score (nSPS) is 21.7. The predicted octanol–water partition coefficient (Wildman–Crippen LogP) is 1.63. The van der Waals surface area contributed by atoms with E-state index in [0.717, 1.165) is 5.76 Å². The molecular formula is C14H20N2O3. The highest BCUT2D eigenvalue weighted by Gasteiger charge is 2.37. The standard InChI is InChI=1S/C14H20N2O3/c1-8(2)13-14(18)16(7-12(17)15-13)10(4)11-6-5-9(3)19-11/h5-6,8,10,13H,7H2,1-4H3,(H,15,17). The van der Waals surface area contributed by atoms with Gasteiger partial charge in [-0.05, 0) is 31.9 Å². The monoisotopic (exact) mass is 264 g/mol. The van der Waals surface area contributed by atoms with E-state index in [4.69, 9.17) is 4.42 Å². The smallest absolute Gasteiger partial charge is 0.246 e. The minimum absolute atomic E-state index is 0.0452. The molecule has 0 saturated carbocycles. The van der Waals surface area contributed by atoms with Gasteiger partial charge < -0.3 is 14.6 Å². The molecule has 2 amide bonds. The van der Waals surface area contributed by atoms with E-state index in [1.807, 2.05) is 39.8 Å². The van der Waals surface area contributed by atoms with E-state index in [1.165, 1.54) is 0 Å². The molecule has 2 unspecified atom stereocenters. The third-order valence-corrected chi connectivity index (χ3v) is 3.49. The molecule has 1 aromatic rings. The fraction of sp³-hybridized carbons (Fsp3) is 0.571. The summed E-state index contributed by atoms with van der Waals surface area (Å²) in [6.45, 7) is 7.68. The summed E-state index contributed by atoms with van der Waals surface area (Å²) in [6, 6.07) is 3.04. The topological polar surface area (TPSA) is 62.6 Å². The highest BCUT2D eigenvalue weighted by atomic mass is 16.3. The van der Waals surface area contributed by atoms with Crippen LogP contribution in [0.25, 0.3) is 0 Å². The molecule has 0 radical (unpaired) electrons. The molecule has 2 atom stereocenters. The van der Waals surface area contributed by atoms with Crippen LogP contribution in [-0.4, -0.2) is 29.3 Å². The summed E-state index contributed by atoms with van der Waals surface area (Å²) in [4.78, 5) is 25.7. The van der Waals surface area contributed by atoms with Crippen LogP contribution in [0.2, 0.25) is 0 Å². The molecule has 1 aromatic heterocycles. The zero-order valence-corrected chi connectivity index (χ0v) is 11.8. The Balaban J connectivity index is 2.22. The largest absolute Gasteiger partial charge is 0.464 e. The summed E-state index contributed by atoms with van der Waals surface area (Å²) < 4.78 is 5.55. The van der Waals surface area contributed by atoms with Crippen LogP contribution < -0.4 is 5.32 Å². The molecule has 19 heavy (non-hydrogen) atoms. The van der Waals surface area contributed by atoms with Gasteiger partial charge in [0.1, 0.15) is 24.1 Å². The van der Waals surface area contributed by atoms with Crippen LogP contribution in [0.3, 0.4) is 0 Å². The van der Waals surface area contributed by atoms with Gasteiger partial charge in [-0.2, -0.15) is 0 Å². The molecule has 0 bridgehead atoms. The zero-order valence-electron chi connectivity index (χ0n) is 11.8. The van der Waals surface area contributed by atoms with Crippen molar-refractivity contribution in [2.24, 2.45) is 5.92 Å². The second kappa shape index (κ2) is 5.07. The first-order valence-corrected chi connectivity index (χ1v) is 6.56. The summed E-state index contributed by atoms with van der Waals surface area (Å²) in [5.41, 5.74) is 0. The van der Waals surface area contributed by atoms with Gasteiger partial charge in [-0.3, -0.25) is 9.59 Å². The van der Waals surface area contributed by atoms with Crippen molar-refractivity contribution in [1.82, 2.24) is 10.2 Å². The molecular weight excluding hydrogens is 244 g/mol. The fourth-order valence-electron chi connectivity index (χ4n) is 2.30. The maximum absolute atomic E-state index is 12.4. The van der Waals surface area contributed by atoms with E-state index < -0.39 is 6.04 Å². The second-order valence-electron chi connectivity index (χ2n) is 5.38. The zero-order chi connectivity index (χ0) is 14.2. The quantitative estimate of drug-likeness (QED) is 0.902. The highest BCUT2D eigenvalue weighted by Crippen LogP contribution is 2.25. The SMILES string of the molecule is Cc1ccc(C(C)N2CC(=O)NC(C(C)C)C2=O)o1. The van der Waals surface area contributed by atoms with Gasteiger partial charge in [0, 0.05) is 0 Å². The Hall–Kier alpha value is -1.78. The molecule has 1 aliphatic rings.